The number of benzene rings is 1. The van der Waals surface area contributed by atoms with Crippen molar-refractivity contribution in [2.24, 2.45) is 7.05 Å². The third-order valence-electron chi connectivity index (χ3n) is 3.04. The summed E-state index contributed by atoms with van der Waals surface area (Å²) in [5, 5.41) is 22.8. The Morgan fingerprint density at radius 3 is 2.86 bits per heavy atom. The van der Waals surface area contributed by atoms with Gasteiger partial charge < -0.3 is 4.74 Å². The molecule has 0 fully saturated rings. The summed E-state index contributed by atoms with van der Waals surface area (Å²) in [5.74, 6) is 0.525. The van der Waals surface area contributed by atoms with Crippen molar-refractivity contribution >= 4 is 5.69 Å². The van der Waals surface area contributed by atoms with Crippen molar-refractivity contribution in [2.75, 3.05) is 0 Å². The lowest BCUT2D eigenvalue weighted by Gasteiger charge is -2.07. The number of aromatic nitrogens is 5. The molecule has 0 unspecified atom stereocenters. The molecular formula is C13H12N6O3. The Labute approximate surface area is 124 Å². The van der Waals surface area contributed by atoms with Crippen LogP contribution in [0.1, 0.15) is 5.69 Å². The van der Waals surface area contributed by atoms with E-state index in [1.165, 1.54) is 4.68 Å². The second-order valence-electron chi connectivity index (χ2n) is 4.57. The number of hydrogen-bond donors (Lipinski definition) is 0. The SMILES string of the molecule is Cc1nn(C)c(Oc2cccc(-n3ccnn3)c2)c1[N+](=O)[O-]. The zero-order valence-corrected chi connectivity index (χ0v) is 11.9. The molecule has 0 N–H and O–H groups in total. The fourth-order valence-electron chi connectivity index (χ4n) is 2.10. The molecule has 0 aliphatic rings. The first-order valence-corrected chi connectivity index (χ1v) is 6.39. The largest absolute Gasteiger partial charge is 0.434 e. The van der Waals surface area contributed by atoms with Crippen molar-refractivity contribution in [2.45, 2.75) is 6.92 Å². The van der Waals surface area contributed by atoms with Crippen LogP contribution in [0.5, 0.6) is 11.6 Å². The van der Waals surface area contributed by atoms with Gasteiger partial charge in [0.15, 0.2) is 0 Å². The Morgan fingerprint density at radius 2 is 2.18 bits per heavy atom. The van der Waals surface area contributed by atoms with E-state index >= 15 is 0 Å². The molecular weight excluding hydrogens is 288 g/mol. The van der Waals surface area contributed by atoms with Crippen molar-refractivity contribution in [3.8, 4) is 17.3 Å². The highest BCUT2D eigenvalue weighted by molar-refractivity contribution is 5.48. The number of nitrogens with zero attached hydrogens (tertiary/aromatic N) is 6. The number of nitro groups is 1. The van der Waals surface area contributed by atoms with E-state index in [0.717, 1.165) is 5.69 Å². The van der Waals surface area contributed by atoms with E-state index in [0.29, 0.717) is 11.4 Å². The van der Waals surface area contributed by atoms with Crippen LogP contribution in [0.3, 0.4) is 0 Å². The monoisotopic (exact) mass is 300 g/mol. The number of rotatable bonds is 4. The summed E-state index contributed by atoms with van der Waals surface area (Å²) < 4.78 is 8.57. The molecule has 0 radical (unpaired) electrons. The Hall–Kier alpha value is -3.23. The Balaban J connectivity index is 1.98. The lowest BCUT2D eigenvalue weighted by atomic mass is 10.3. The molecule has 0 amide bonds. The average Bonchev–Trinajstić information content (AvgIpc) is 3.08. The van der Waals surface area contributed by atoms with Crippen molar-refractivity contribution in [1.82, 2.24) is 24.8 Å². The van der Waals surface area contributed by atoms with Gasteiger partial charge in [-0.05, 0) is 19.1 Å². The van der Waals surface area contributed by atoms with Gasteiger partial charge in [0.2, 0.25) is 0 Å². The van der Waals surface area contributed by atoms with Crippen molar-refractivity contribution in [3.05, 3.63) is 52.5 Å². The third-order valence-corrected chi connectivity index (χ3v) is 3.04. The smallest absolute Gasteiger partial charge is 0.353 e. The van der Waals surface area contributed by atoms with E-state index in [9.17, 15) is 10.1 Å². The fourth-order valence-corrected chi connectivity index (χ4v) is 2.10. The zero-order chi connectivity index (χ0) is 15.7. The van der Waals surface area contributed by atoms with Gasteiger partial charge in [-0.15, -0.1) is 5.10 Å². The summed E-state index contributed by atoms with van der Waals surface area (Å²) in [6.45, 7) is 1.57. The molecule has 0 saturated heterocycles. The summed E-state index contributed by atoms with van der Waals surface area (Å²) in [7, 11) is 1.59. The maximum absolute atomic E-state index is 11.1. The fraction of sp³-hybridized carbons (Fsp3) is 0.154. The predicted octanol–water partition coefficient (Wildman–Crippen LogP) is 2.01. The third kappa shape index (κ3) is 2.39. The topological polar surface area (TPSA) is 101 Å². The molecule has 22 heavy (non-hydrogen) atoms. The van der Waals surface area contributed by atoms with Crippen molar-refractivity contribution < 1.29 is 9.66 Å². The highest BCUT2D eigenvalue weighted by Gasteiger charge is 2.26. The molecule has 2 heterocycles. The van der Waals surface area contributed by atoms with E-state index in [-0.39, 0.29) is 11.6 Å². The first-order chi connectivity index (χ1) is 10.6. The molecule has 3 aromatic rings. The zero-order valence-electron chi connectivity index (χ0n) is 11.9. The molecule has 1 aromatic carbocycles. The number of aryl methyl sites for hydroxylation is 2. The molecule has 112 valence electrons. The Kier molecular flexibility index (Phi) is 3.30. The predicted molar refractivity (Wildman–Crippen MR) is 76.0 cm³/mol. The molecule has 0 atom stereocenters. The van der Waals surface area contributed by atoms with Crippen molar-refractivity contribution in [3.63, 3.8) is 0 Å². The number of hydrogen-bond acceptors (Lipinski definition) is 6. The standard InChI is InChI=1S/C13H12N6O3/c1-9-12(19(20)21)13(17(2)15-9)22-11-5-3-4-10(8-11)18-7-6-14-16-18/h3-8H,1-2H3. The van der Waals surface area contributed by atoms with E-state index in [4.69, 9.17) is 4.74 Å². The quantitative estimate of drug-likeness (QED) is 0.539. The summed E-state index contributed by atoms with van der Waals surface area (Å²) in [4.78, 5) is 10.6. The van der Waals surface area contributed by atoms with Crippen LogP contribution in [0.4, 0.5) is 5.69 Å². The van der Waals surface area contributed by atoms with Gasteiger partial charge in [0.25, 0.3) is 5.88 Å². The van der Waals surface area contributed by atoms with Gasteiger partial charge in [0.1, 0.15) is 11.4 Å². The maximum atomic E-state index is 11.1. The molecule has 2 aromatic heterocycles. The molecule has 0 saturated carbocycles. The first kappa shape index (κ1) is 13.7. The van der Waals surface area contributed by atoms with Gasteiger partial charge in [0, 0.05) is 13.1 Å². The van der Waals surface area contributed by atoms with Crippen LogP contribution in [0.15, 0.2) is 36.7 Å². The summed E-state index contributed by atoms with van der Waals surface area (Å²) >= 11 is 0. The normalized spacial score (nSPS) is 10.6. The van der Waals surface area contributed by atoms with Gasteiger partial charge in [0.05, 0.1) is 23.0 Å². The van der Waals surface area contributed by atoms with Crippen LogP contribution < -0.4 is 4.74 Å². The molecule has 0 bridgehead atoms. The molecule has 9 nitrogen and oxygen atoms in total. The van der Waals surface area contributed by atoms with Gasteiger partial charge in [-0.25, -0.2) is 9.36 Å². The second-order valence-corrected chi connectivity index (χ2v) is 4.57. The van der Waals surface area contributed by atoms with E-state index in [1.54, 1.807) is 49.2 Å². The summed E-state index contributed by atoms with van der Waals surface area (Å²) in [5.41, 5.74) is 0.889. The van der Waals surface area contributed by atoms with E-state index in [2.05, 4.69) is 15.4 Å². The van der Waals surface area contributed by atoms with Gasteiger partial charge >= 0.3 is 5.69 Å². The first-order valence-electron chi connectivity index (χ1n) is 6.39. The van der Waals surface area contributed by atoms with Crippen LogP contribution in [0.2, 0.25) is 0 Å². The van der Waals surface area contributed by atoms with Gasteiger partial charge in [-0.2, -0.15) is 5.10 Å². The molecule has 9 heteroatoms. The van der Waals surface area contributed by atoms with Gasteiger partial charge in [-0.3, -0.25) is 10.1 Å². The molecule has 0 spiro atoms. The Bertz CT molecular complexity index is 824. The van der Waals surface area contributed by atoms with Crippen LogP contribution in [0.25, 0.3) is 5.69 Å². The minimum absolute atomic E-state index is 0.0817. The van der Waals surface area contributed by atoms with Crippen LogP contribution in [0, 0.1) is 17.0 Å². The highest BCUT2D eigenvalue weighted by atomic mass is 16.6. The summed E-state index contributed by atoms with van der Waals surface area (Å²) in [6.07, 6.45) is 3.25. The highest BCUT2D eigenvalue weighted by Crippen LogP contribution is 2.33. The van der Waals surface area contributed by atoms with Crippen LogP contribution >= 0.6 is 0 Å². The van der Waals surface area contributed by atoms with Crippen LogP contribution in [-0.4, -0.2) is 29.7 Å². The van der Waals surface area contributed by atoms with E-state index < -0.39 is 4.92 Å². The van der Waals surface area contributed by atoms with Crippen molar-refractivity contribution in [1.29, 1.82) is 0 Å². The second kappa shape index (κ2) is 5.28. The molecule has 3 rings (SSSR count). The van der Waals surface area contributed by atoms with E-state index in [1.807, 2.05) is 6.07 Å². The maximum Gasteiger partial charge on any atom is 0.353 e. The minimum Gasteiger partial charge on any atom is -0.434 e. The lowest BCUT2D eigenvalue weighted by molar-refractivity contribution is -0.386. The minimum atomic E-state index is -0.501. The Morgan fingerprint density at radius 1 is 1.36 bits per heavy atom. The number of ether oxygens (including phenoxy) is 1. The molecule has 0 aliphatic heterocycles. The van der Waals surface area contributed by atoms with Gasteiger partial charge in [-0.1, -0.05) is 11.3 Å². The average molecular weight is 300 g/mol. The summed E-state index contributed by atoms with van der Waals surface area (Å²) in [6, 6.07) is 7.00. The lowest BCUT2D eigenvalue weighted by Crippen LogP contribution is -1.99. The molecule has 0 aliphatic carbocycles. The van der Waals surface area contributed by atoms with Crippen LogP contribution in [-0.2, 0) is 7.05 Å².